The van der Waals surface area contributed by atoms with Crippen molar-refractivity contribution in [3.05, 3.63) is 81.1 Å². The van der Waals surface area contributed by atoms with Crippen molar-refractivity contribution in [2.75, 3.05) is 4.90 Å². The molecular weight excluding hydrogens is 422 g/mol. The Hall–Kier alpha value is -2.54. The molecule has 3 aromatic rings. The first-order valence-electron chi connectivity index (χ1n) is 8.06. The molecule has 1 amide bonds. The lowest BCUT2D eigenvalue weighted by Crippen LogP contribution is -2.28. The molecule has 2 aromatic carbocycles. The molecule has 0 unspecified atom stereocenters. The van der Waals surface area contributed by atoms with Gasteiger partial charge in [0.2, 0.25) is 0 Å². The van der Waals surface area contributed by atoms with Crippen LogP contribution < -0.4 is 4.90 Å². The summed E-state index contributed by atoms with van der Waals surface area (Å²) in [7, 11) is 0. The van der Waals surface area contributed by atoms with Gasteiger partial charge in [0.25, 0.3) is 5.91 Å². The zero-order valence-corrected chi connectivity index (χ0v) is 16.4. The van der Waals surface area contributed by atoms with Crippen molar-refractivity contribution in [1.29, 1.82) is 5.41 Å². The van der Waals surface area contributed by atoms with E-state index in [-0.39, 0.29) is 21.9 Å². The van der Waals surface area contributed by atoms with Gasteiger partial charge in [-0.05, 0) is 54.2 Å². The maximum Gasteiger partial charge on any atom is 0.271 e. The summed E-state index contributed by atoms with van der Waals surface area (Å²) in [6.07, 6.45) is 1.55. The van der Waals surface area contributed by atoms with Gasteiger partial charge >= 0.3 is 0 Å². The molecule has 0 saturated carbocycles. The van der Waals surface area contributed by atoms with Gasteiger partial charge in [0.05, 0.1) is 15.6 Å². The van der Waals surface area contributed by atoms with E-state index in [4.69, 9.17) is 33.0 Å². The number of amides is 1. The second-order valence-corrected chi connectivity index (χ2v) is 7.74. The Balaban J connectivity index is 1.63. The van der Waals surface area contributed by atoms with Crippen LogP contribution in [0, 0.1) is 11.2 Å². The van der Waals surface area contributed by atoms with Crippen LogP contribution in [-0.2, 0) is 4.79 Å². The molecule has 140 valence electrons. The highest BCUT2D eigenvalue weighted by atomic mass is 35.5. The number of carbonyl (C=O) groups excluding carboxylic acids is 1. The van der Waals surface area contributed by atoms with Crippen LogP contribution in [0.25, 0.3) is 17.4 Å². The Labute approximate surface area is 174 Å². The van der Waals surface area contributed by atoms with Crippen LogP contribution in [0.15, 0.2) is 63.9 Å². The minimum absolute atomic E-state index is 0.0254. The third kappa shape index (κ3) is 3.58. The third-order valence-corrected chi connectivity index (χ3v) is 5.41. The smallest absolute Gasteiger partial charge is 0.271 e. The number of furan rings is 1. The average Bonchev–Trinajstić information content (AvgIpc) is 3.21. The van der Waals surface area contributed by atoms with Gasteiger partial charge in [-0.3, -0.25) is 15.1 Å². The number of carbonyl (C=O) groups is 1. The summed E-state index contributed by atoms with van der Waals surface area (Å²) in [6.45, 7) is 0. The quantitative estimate of drug-likeness (QED) is 0.483. The number of nitrogens with zero attached hydrogens (tertiary/aromatic N) is 1. The SMILES string of the molecule is N=C1S/C(=C\c2ccc(-c3cccc(F)c3)o2)C(=O)N1c1ccc(Cl)cc1Cl. The number of amidine groups is 1. The molecule has 0 atom stereocenters. The van der Waals surface area contributed by atoms with Crippen LogP contribution in [-0.4, -0.2) is 11.1 Å². The summed E-state index contributed by atoms with van der Waals surface area (Å²) >= 11 is 13.1. The van der Waals surface area contributed by atoms with E-state index in [0.717, 1.165) is 11.8 Å². The zero-order valence-electron chi connectivity index (χ0n) is 14.1. The molecule has 1 fully saturated rings. The summed E-state index contributed by atoms with van der Waals surface area (Å²) in [5.41, 5.74) is 0.981. The van der Waals surface area contributed by atoms with Gasteiger partial charge < -0.3 is 4.42 Å². The summed E-state index contributed by atoms with van der Waals surface area (Å²) in [5, 5.41) is 8.89. The van der Waals surface area contributed by atoms with Gasteiger partial charge in [-0.15, -0.1) is 0 Å². The minimum atomic E-state index is -0.386. The van der Waals surface area contributed by atoms with Crippen LogP contribution in [0.2, 0.25) is 10.0 Å². The lowest BCUT2D eigenvalue weighted by Gasteiger charge is -2.16. The van der Waals surface area contributed by atoms with Gasteiger partial charge in [-0.2, -0.15) is 0 Å². The first-order chi connectivity index (χ1) is 13.4. The predicted octanol–water partition coefficient (Wildman–Crippen LogP) is 6.45. The summed E-state index contributed by atoms with van der Waals surface area (Å²) in [6, 6.07) is 14.1. The van der Waals surface area contributed by atoms with Gasteiger partial charge in [0.1, 0.15) is 17.3 Å². The van der Waals surface area contributed by atoms with Crippen LogP contribution in [0.1, 0.15) is 5.76 Å². The standard InChI is InChI=1S/C20H11Cl2FN2O2S/c21-12-4-6-16(15(22)9-12)25-19(26)18(28-20(25)24)10-14-5-7-17(27-14)11-2-1-3-13(23)8-11/h1-10,24H/b18-10-,24-20?. The molecule has 1 aliphatic heterocycles. The second-order valence-electron chi connectivity index (χ2n) is 5.86. The van der Waals surface area contributed by atoms with E-state index in [9.17, 15) is 9.18 Å². The molecule has 28 heavy (non-hydrogen) atoms. The molecule has 0 aliphatic carbocycles. The molecule has 1 aliphatic rings. The maximum atomic E-state index is 13.4. The Morgan fingerprint density at radius 3 is 2.68 bits per heavy atom. The molecule has 0 radical (unpaired) electrons. The van der Waals surface area contributed by atoms with E-state index < -0.39 is 0 Å². The highest BCUT2D eigenvalue weighted by molar-refractivity contribution is 8.19. The second kappa shape index (κ2) is 7.47. The Kier molecular flexibility index (Phi) is 5.02. The van der Waals surface area contributed by atoms with E-state index in [1.165, 1.54) is 23.1 Å². The number of thioether (sulfide) groups is 1. The summed E-state index contributed by atoms with van der Waals surface area (Å²) in [5.74, 6) is 0.156. The lowest BCUT2D eigenvalue weighted by molar-refractivity contribution is -0.113. The molecular formula is C20H11Cl2FN2O2S. The fourth-order valence-corrected chi connectivity index (χ4v) is 4.05. The summed E-state index contributed by atoms with van der Waals surface area (Å²) in [4.78, 5) is 14.3. The van der Waals surface area contributed by atoms with Crippen molar-refractivity contribution in [1.82, 2.24) is 0 Å². The van der Waals surface area contributed by atoms with E-state index in [1.54, 1.807) is 42.5 Å². The first-order valence-corrected chi connectivity index (χ1v) is 9.63. The molecule has 4 nitrogen and oxygen atoms in total. The minimum Gasteiger partial charge on any atom is -0.457 e. The van der Waals surface area contributed by atoms with Crippen molar-refractivity contribution < 1.29 is 13.6 Å². The van der Waals surface area contributed by atoms with Crippen molar-refractivity contribution in [3.63, 3.8) is 0 Å². The molecule has 1 N–H and O–H groups in total. The number of benzene rings is 2. The van der Waals surface area contributed by atoms with Crippen molar-refractivity contribution >= 4 is 57.8 Å². The molecule has 1 aromatic heterocycles. The highest BCUT2D eigenvalue weighted by Gasteiger charge is 2.35. The fraction of sp³-hybridized carbons (Fsp3) is 0. The molecule has 2 heterocycles. The number of halogens is 3. The fourth-order valence-electron chi connectivity index (χ4n) is 2.72. The lowest BCUT2D eigenvalue weighted by atomic mass is 10.2. The number of hydrogen-bond donors (Lipinski definition) is 1. The van der Waals surface area contributed by atoms with Crippen LogP contribution >= 0.6 is 35.0 Å². The van der Waals surface area contributed by atoms with Crippen LogP contribution in [0.5, 0.6) is 0 Å². The molecule has 8 heteroatoms. The zero-order chi connectivity index (χ0) is 19.8. The normalized spacial score (nSPS) is 15.7. The van der Waals surface area contributed by atoms with Crippen molar-refractivity contribution in [3.8, 4) is 11.3 Å². The molecule has 0 spiro atoms. The Morgan fingerprint density at radius 1 is 1.11 bits per heavy atom. The van der Waals surface area contributed by atoms with Gasteiger partial charge in [0.15, 0.2) is 5.17 Å². The van der Waals surface area contributed by atoms with Crippen molar-refractivity contribution in [2.24, 2.45) is 0 Å². The Bertz CT molecular complexity index is 1140. The van der Waals surface area contributed by atoms with Gasteiger partial charge in [-0.25, -0.2) is 4.39 Å². The number of nitrogens with one attached hydrogen (secondary N) is 1. The molecule has 1 saturated heterocycles. The molecule has 4 rings (SSSR count). The third-order valence-electron chi connectivity index (χ3n) is 3.98. The van der Waals surface area contributed by atoms with E-state index in [1.807, 2.05) is 0 Å². The highest BCUT2D eigenvalue weighted by Crippen LogP contribution is 2.39. The maximum absolute atomic E-state index is 13.4. The number of hydrogen-bond acceptors (Lipinski definition) is 4. The van der Waals surface area contributed by atoms with E-state index in [0.29, 0.717) is 32.7 Å². The van der Waals surface area contributed by atoms with Crippen LogP contribution in [0.4, 0.5) is 10.1 Å². The average molecular weight is 433 g/mol. The van der Waals surface area contributed by atoms with Crippen LogP contribution in [0.3, 0.4) is 0 Å². The van der Waals surface area contributed by atoms with Crippen molar-refractivity contribution in [2.45, 2.75) is 0 Å². The largest absolute Gasteiger partial charge is 0.457 e. The Morgan fingerprint density at radius 2 is 1.93 bits per heavy atom. The van der Waals surface area contributed by atoms with Gasteiger partial charge in [-0.1, -0.05) is 35.3 Å². The number of rotatable bonds is 3. The van der Waals surface area contributed by atoms with E-state index >= 15 is 0 Å². The molecule has 0 bridgehead atoms. The monoisotopic (exact) mass is 432 g/mol. The first kappa shape index (κ1) is 18.8. The number of anilines is 1. The summed E-state index contributed by atoms with van der Waals surface area (Å²) < 4.78 is 19.1. The van der Waals surface area contributed by atoms with Gasteiger partial charge in [0, 0.05) is 16.7 Å². The van der Waals surface area contributed by atoms with E-state index in [2.05, 4.69) is 0 Å². The predicted molar refractivity (Wildman–Crippen MR) is 111 cm³/mol. The topological polar surface area (TPSA) is 57.3 Å².